The van der Waals surface area contributed by atoms with E-state index in [2.05, 4.69) is 19.2 Å². The number of rotatable bonds is 19. The molecule has 0 bridgehead atoms. The van der Waals surface area contributed by atoms with Crippen molar-refractivity contribution in [2.75, 3.05) is 26.3 Å². The summed E-state index contributed by atoms with van der Waals surface area (Å²) >= 11 is 0. The summed E-state index contributed by atoms with van der Waals surface area (Å²) in [5, 5.41) is 11.8. The van der Waals surface area contributed by atoms with E-state index in [0.717, 1.165) is 38.1 Å². The van der Waals surface area contributed by atoms with Gasteiger partial charge in [-0.3, -0.25) is 4.79 Å². The average Bonchev–Trinajstić information content (AvgIpc) is 2.62. The van der Waals surface area contributed by atoms with Crippen molar-refractivity contribution < 1.29 is 14.6 Å². The maximum absolute atomic E-state index is 11.8. The Labute approximate surface area is 156 Å². The second kappa shape index (κ2) is 19.7. The molecule has 0 aliphatic rings. The van der Waals surface area contributed by atoms with Crippen LogP contribution in [0.4, 0.5) is 0 Å². The normalized spacial score (nSPS) is 11.2. The third kappa shape index (κ3) is 18.0. The fraction of sp³-hybridized carbons (Fsp3) is 0.952. The van der Waals surface area contributed by atoms with Crippen LogP contribution in [-0.4, -0.2) is 37.4 Å². The summed E-state index contributed by atoms with van der Waals surface area (Å²) in [6.45, 7) is 6.95. The van der Waals surface area contributed by atoms with Gasteiger partial charge in [-0.1, -0.05) is 71.6 Å². The number of unbranched alkanes of at least 4 members (excludes halogenated alkanes) is 6. The molecular weight excluding hydrogens is 314 g/mol. The lowest BCUT2D eigenvalue weighted by atomic mass is 9.93. The fourth-order valence-electron chi connectivity index (χ4n) is 3.08. The number of carbonyl (C=O) groups is 1. The summed E-state index contributed by atoms with van der Waals surface area (Å²) in [5.41, 5.74) is 0. The minimum absolute atomic E-state index is 0.0191. The van der Waals surface area contributed by atoms with Crippen molar-refractivity contribution in [1.82, 2.24) is 5.32 Å². The number of ether oxygens (including phenoxy) is 1. The van der Waals surface area contributed by atoms with E-state index in [1.54, 1.807) is 0 Å². The molecule has 150 valence electrons. The Morgan fingerprint density at radius 3 is 2.16 bits per heavy atom. The topological polar surface area (TPSA) is 58.6 Å². The molecular formula is C21H43NO3. The van der Waals surface area contributed by atoms with Crippen molar-refractivity contribution in [3.05, 3.63) is 0 Å². The molecule has 0 saturated carbocycles. The number of hydrogen-bond donors (Lipinski definition) is 2. The summed E-state index contributed by atoms with van der Waals surface area (Å²) in [6, 6.07) is 0. The van der Waals surface area contributed by atoms with E-state index in [1.807, 2.05) is 0 Å². The van der Waals surface area contributed by atoms with Crippen LogP contribution in [0.2, 0.25) is 0 Å². The molecule has 0 heterocycles. The molecule has 2 N–H and O–H groups in total. The Morgan fingerprint density at radius 2 is 1.52 bits per heavy atom. The van der Waals surface area contributed by atoms with Crippen LogP contribution in [-0.2, 0) is 9.53 Å². The smallest absolute Gasteiger partial charge is 0.305 e. The van der Waals surface area contributed by atoms with Crippen molar-refractivity contribution in [2.45, 2.75) is 97.3 Å². The minimum atomic E-state index is -0.0191. The molecule has 4 nitrogen and oxygen atoms in total. The second-order valence-corrected chi connectivity index (χ2v) is 7.15. The molecule has 0 aliphatic heterocycles. The molecule has 0 radical (unpaired) electrons. The van der Waals surface area contributed by atoms with E-state index in [-0.39, 0.29) is 12.6 Å². The van der Waals surface area contributed by atoms with Crippen LogP contribution in [0.1, 0.15) is 97.3 Å². The van der Waals surface area contributed by atoms with Gasteiger partial charge in [0.25, 0.3) is 0 Å². The van der Waals surface area contributed by atoms with Gasteiger partial charge in [-0.05, 0) is 31.7 Å². The van der Waals surface area contributed by atoms with Crippen molar-refractivity contribution >= 4 is 5.97 Å². The van der Waals surface area contributed by atoms with Crippen molar-refractivity contribution in [3.63, 3.8) is 0 Å². The first-order valence-corrected chi connectivity index (χ1v) is 10.7. The average molecular weight is 358 g/mol. The molecule has 0 atom stereocenters. The number of hydrogen-bond acceptors (Lipinski definition) is 4. The highest BCUT2D eigenvalue weighted by molar-refractivity contribution is 5.69. The zero-order valence-electron chi connectivity index (χ0n) is 16.9. The number of aliphatic hydroxyl groups is 1. The maximum Gasteiger partial charge on any atom is 0.305 e. The molecule has 0 saturated heterocycles. The van der Waals surface area contributed by atoms with Crippen LogP contribution in [0.5, 0.6) is 0 Å². The van der Waals surface area contributed by atoms with Crippen LogP contribution in [0.25, 0.3) is 0 Å². The molecule has 0 amide bonds. The van der Waals surface area contributed by atoms with E-state index in [4.69, 9.17) is 9.84 Å². The molecule has 0 fully saturated rings. The van der Waals surface area contributed by atoms with Gasteiger partial charge >= 0.3 is 5.97 Å². The minimum Gasteiger partial charge on any atom is -0.466 e. The Bertz CT molecular complexity index is 276. The monoisotopic (exact) mass is 357 g/mol. The van der Waals surface area contributed by atoms with Crippen LogP contribution in [0.15, 0.2) is 0 Å². The van der Waals surface area contributed by atoms with Crippen LogP contribution in [0.3, 0.4) is 0 Å². The number of aliphatic hydroxyl groups excluding tert-OH is 1. The van der Waals surface area contributed by atoms with Gasteiger partial charge in [-0.15, -0.1) is 0 Å². The molecule has 0 aliphatic carbocycles. The van der Waals surface area contributed by atoms with Gasteiger partial charge in [0.15, 0.2) is 0 Å². The Morgan fingerprint density at radius 1 is 0.880 bits per heavy atom. The number of esters is 1. The van der Waals surface area contributed by atoms with Gasteiger partial charge < -0.3 is 15.2 Å². The predicted molar refractivity (Wildman–Crippen MR) is 106 cm³/mol. The first-order valence-electron chi connectivity index (χ1n) is 10.7. The number of carbonyl (C=O) groups excluding carboxylic acids is 1. The van der Waals surface area contributed by atoms with Gasteiger partial charge in [-0.2, -0.15) is 0 Å². The molecule has 0 aromatic carbocycles. The molecule has 0 aromatic rings. The predicted octanol–water partition coefficient (Wildman–Crippen LogP) is 4.84. The summed E-state index contributed by atoms with van der Waals surface area (Å²) in [4.78, 5) is 11.8. The quantitative estimate of drug-likeness (QED) is 0.256. The molecule has 25 heavy (non-hydrogen) atoms. The van der Waals surface area contributed by atoms with Gasteiger partial charge in [0, 0.05) is 13.0 Å². The lowest BCUT2D eigenvalue weighted by Crippen LogP contribution is -2.19. The highest BCUT2D eigenvalue weighted by Gasteiger charge is 2.10. The van der Waals surface area contributed by atoms with E-state index < -0.39 is 0 Å². The standard InChI is InChI=1S/C21H43NO3/c1-3-5-12-20(13-6-4-2)15-19-25-21(24)14-10-8-7-9-11-16-22-17-18-23/h20,22-23H,3-19H2,1-2H3. The molecule has 0 unspecified atom stereocenters. The lowest BCUT2D eigenvalue weighted by molar-refractivity contribution is -0.144. The van der Waals surface area contributed by atoms with Gasteiger partial charge in [0.2, 0.25) is 0 Å². The Kier molecular flexibility index (Phi) is 19.2. The van der Waals surface area contributed by atoms with Gasteiger partial charge in [0.05, 0.1) is 13.2 Å². The maximum atomic E-state index is 11.8. The van der Waals surface area contributed by atoms with E-state index in [9.17, 15) is 4.79 Å². The zero-order chi connectivity index (χ0) is 18.6. The molecule has 0 spiro atoms. The third-order valence-corrected chi connectivity index (χ3v) is 4.74. The molecule has 0 rings (SSSR count). The van der Waals surface area contributed by atoms with E-state index in [1.165, 1.54) is 51.4 Å². The van der Waals surface area contributed by atoms with Crippen LogP contribution >= 0.6 is 0 Å². The van der Waals surface area contributed by atoms with Crippen LogP contribution in [0, 0.1) is 5.92 Å². The summed E-state index contributed by atoms with van der Waals surface area (Å²) in [6.07, 6.45) is 14.8. The van der Waals surface area contributed by atoms with Crippen molar-refractivity contribution in [3.8, 4) is 0 Å². The van der Waals surface area contributed by atoms with E-state index in [0.29, 0.717) is 19.6 Å². The van der Waals surface area contributed by atoms with Gasteiger partial charge in [-0.25, -0.2) is 0 Å². The first kappa shape index (κ1) is 24.4. The summed E-state index contributed by atoms with van der Waals surface area (Å²) < 4.78 is 5.43. The second-order valence-electron chi connectivity index (χ2n) is 7.15. The first-order chi connectivity index (χ1) is 12.2. The Balaban J connectivity index is 3.51. The van der Waals surface area contributed by atoms with Crippen LogP contribution < -0.4 is 5.32 Å². The van der Waals surface area contributed by atoms with E-state index >= 15 is 0 Å². The SMILES string of the molecule is CCCCC(CCCC)CCOC(=O)CCCCCCCNCCO. The summed E-state index contributed by atoms with van der Waals surface area (Å²) in [7, 11) is 0. The fourth-order valence-corrected chi connectivity index (χ4v) is 3.08. The largest absolute Gasteiger partial charge is 0.466 e. The summed E-state index contributed by atoms with van der Waals surface area (Å²) in [5.74, 6) is 0.710. The molecule has 4 heteroatoms. The highest BCUT2D eigenvalue weighted by atomic mass is 16.5. The van der Waals surface area contributed by atoms with Crippen molar-refractivity contribution in [2.24, 2.45) is 5.92 Å². The van der Waals surface area contributed by atoms with Crippen molar-refractivity contribution in [1.29, 1.82) is 0 Å². The lowest BCUT2D eigenvalue weighted by Gasteiger charge is -2.16. The Hall–Kier alpha value is -0.610. The highest BCUT2D eigenvalue weighted by Crippen LogP contribution is 2.20. The van der Waals surface area contributed by atoms with Gasteiger partial charge in [0.1, 0.15) is 0 Å². The third-order valence-electron chi connectivity index (χ3n) is 4.74. The molecule has 0 aromatic heterocycles. The zero-order valence-corrected chi connectivity index (χ0v) is 16.9. The number of nitrogens with one attached hydrogen (secondary N) is 1.